The minimum Gasteiger partial charge on any atom is -0.403 e. The van der Waals surface area contributed by atoms with Crippen LogP contribution in [0.3, 0.4) is 0 Å². The third kappa shape index (κ3) is 6.67. The molecule has 0 atom stereocenters. The van der Waals surface area contributed by atoms with E-state index in [0.29, 0.717) is 38.4 Å². The van der Waals surface area contributed by atoms with Crippen LogP contribution in [0.2, 0.25) is 0 Å². The summed E-state index contributed by atoms with van der Waals surface area (Å²) in [5.41, 5.74) is 0.296. The molecule has 2 aliphatic heterocycles. The number of ether oxygens (including phenoxy) is 5. The van der Waals surface area contributed by atoms with Crippen molar-refractivity contribution in [2.24, 2.45) is 11.8 Å². The van der Waals surface area contributed by atoms with E-state index in [0.717, 1.165) is 18.6 Å². The monoisotopic (exact) mass is 420 g/mol. The van der Waals surface area contributed by atoms with Gasteiger partial charge >= 0.3 is 6.36 Å². The fourth-order valence-electron chi connectivity index (χ4n) is 3.25. The van der Waals surface area contributed by atoms with Crippen molar-refractivity contribution in [3.8, 4) is 5.75 Å². The van der Waals surface area contributed by atoms with Gasteiger partial charge in [0.25, 0.3) is 0 Å². The second kappa shape index (κ2) is 9.88. The van der Waals surface area contributed by atoms with Crippen LogP contribution in [0.4, 0.5) is 17.6 Å². The topological polar surface area (TPSA) is 46.2 Å². The minimum atomic E-state index is -4.95. The van der Waals surface area contributed by atoms with E-state index >= 15 is 0 Å². The van der Waals surface area contributed by atoms with Crippen LogP contribution in [0.5, 0.6) is 5.75 Å². The van der Waals surface area contributed by atoms with Crippen LogP contribution in [0.15, 0.2) is 30.4 Å². The van der Waals surface area contributed by atoms with Gasteiger partial charge in [-0.15, -0.1) is 13.2 Å². The van der Waals surface area contributed by atoms with E-state index in [2.05, 4.69) is 10.8 Å². The van der Waals surface area contributed by atoms with Gasteiger partial charge in [-0.25, -0.2) is 4.39 Å². The first-order valence-corrected chi connectivity index (χ1v) is 9.48. The molecule has 0 unspecified atom stereocenters. The van der Waals surface area contributed by atoms with Crippen LogP contribution < -0.4 is 4.74 Å². The summed E-state index contributed by atoms with van der Waals surface area (Å²) in [6.45, 7) is 4.01. The van der Waals surface area contributed by atoms with Gasteiger partial charge in [-0.2, -0.15) is 0 Å². The maximum atomic E-state index is 13.8. The van der Waals surface area contributed by atoms with E-state index < -0.39 is 24.2 Å². The van der Waals surface area contributed by atoms with Gasteiger partial charge in [-0.05, 0) is 31.9 Å². The van der Waals surface area contributed by atoms with E-state index in [1.165, 1.54) is 6.07 Å². The van der Waals surface area contributed by atoms with Crippen molar-refractivity contribution in [1.82, 2.24) is 0 Å². The van der Waals surface area contributed by atoms with Crippen molar-refractivity contribution >= 4 is 0 Å². The molecule has 0 N–H and O–H groups in total. The van der Waals surface area contributed by atoms with Crippen LogP contribution in [-0.4, -0.2) is 39.1 Å². The molecule has 1 aromatic carbocycles. The lowest BCUT2D eigenvalue weighted by Gasteiger charge is -2.32. The van der Waals surface area contributed by atoms with Crippen LogP contribution >= 0.6 is 0 Å². The summed E-state index contributed by atoms with van der Waals surface area (Å²) in [5, 5.41) is 0. The fraction of sp³-hybridized carbons (Fsp3) is 0.600. The summed E-state index contributed by atoms with van der Waals surface area (Å²) < 4.78 is 76.8. The number of benzene rings is 1. The van der Waals surface area contributed by atoms with Gasteiger partial charge in [-0.3, -0.25) is 0 Å². The third-order valence-electron chi connectivity index (χ3n) is 4.69. The smallest absolute Gasteiger partial charge is 0.403 e. The first-order chi connectivity index (χ1) is 13.8. The first-order valence-electron chi connectivity index (χ1n) is 9.48. The molecule has 0 bridgehead atoms. The van der Waals surface area contributed by atoms with Gasteiger partial charge in [0.2, 0.25) is 0 Å². The van der Waals surface area contributed by atoms with Crippen LogP contribution in [0.25, 0.3) is 0 Å². The van der Waals surface area contributed by atoms with Gasteiger partial charge in [0.1, 0.15) is 0 Å². The molecule has 5 nitrogen and oxygen atoms in total. The molecule has 9 heteroatoms. The van der Waals surface area contributed by atoms with Crippen molar-refractivity contribution < 1.29 is 41.2 Å². The maximum absolute atomic E-state index is 13.8. The lowest BCUT2D eigenvalue weighted by atomic mass is 10.0. The number of allylic oxidation sites excluding steroid dienone is 1. The Morgan fingerprint density at radius 2 is 1.72 bits per heavy atom. The summed E-state index contributed by atoms with van der Waals surface area (Å²) in [4.78, 5) is 0. The molecule has 162 valence electrons. The molecule has 0 spiro atoms. The highest BCUT2D eigenvalue weighted by atomic mass is 19.4. The molecule has 0 aliphatic carbocycles. The lowest BCUT2D eigenvalue weighted by Crippen LogP contribution is -2.33. The quantitative estimate of drug-likeness (QED) is 0.492. The standard InChI is InChI=1S/C20H24F4O5/c1-2-3-13-9-25-18(26-10-13)7-4-14-11-27-19(28-12-14)15-5-6-17(16(21)8-15)29-20(22,23)24/h2-3,5-6,8,13-14,18-19H,4,7,9-12H2,1H3/t13-,14-,18-,19-. The van der Waals surface area contributed by atoms with Crippen molar-refractivity contribution in [2.45, 2.75) is 38.7 Å². The number of hydrogen-bond acceptors (Lipinski definition) is 5. The Morgan fingerprint density at radius 3 is 2.31 bits per heavy atom. The highest BCUT2D eigenvalue weighted by molar-refractivity contribution is 5.30. The summed E-state index contributed by atoms with van der Waals surface area (Å²) in [7, 11) is 0. The Labute approximate surface area is 166 Å². The molecule has 0 amide bonds. The predicted octanol–water partition coefficient (Wildman–Crippen LogP) is 4.73. The lowest BCUT2D eigenvalue weighted by molar-refractivity contribution is -0.275. The number of alkyl halides is 3. The number of hydrogen-bond donors (Lipinski definition) is 0. The van der Waals surface area contributed by atoms with Crippen LogP contribution in [-0.2, 0) is 18.9 Å². The summed E-state index contributed by atoms with van der Waals surface area (Å²) >= 11 is 0. The maximum Gasteiger partial charge on any atom is 0.573 e. The predicted molar refractivity (Wildman–Crippen MR) is 94.4 cm³/mol. The Kier molecular flexibility index (Phi) is 7.50. The largest absolute Gasteiger partial charge is 0.573 e. The molecule has 2 saturated heterocycles. The molecular formula is C20H24F4O5. The second-order valence-corrected chi connectivity index (χ2v) is 7.06. The van der Waals surface area contributed by atoms with Crippen molar-refractivity contribution in [2.75, 3.05) is 26.4 Å². The molecule has 2 aliphatic rings. The van der Waals surface area contributed by atoms with E-state index in [1.807, 2.05) is 13.0 Å². The minimum absolute atomic E-state index is 0.129. The zero-order chi connectivity index (χ0) is 20.9. The molecular weight excluding hydrogens is 396 g/mol. The van der Waals surface area contributed by atoms with E-state index in [9.17, 15) is 17.6 Å². The molecule has 3 rings (SSSR count). The summed E-state index contributed by atoms with van der Waals surface area (Å²) in [6.07, 6.45) is -0.500. The Morgan fingerprint density at radius 1 is 1.03 bits per heavy atom. The first kappa shape index (κ1) is 22.0. The van der Waals surface area contributed by atoms with Crippen LogP contribution in [0.1, 0.15) is 31.6 Å². The molecule has 2 fully saturated rings. The average Bonchev–Trinajstić information content (AvgIpc) is 2.69. The highest BCUT2D eigenvalue weighted by Gasteiger charge is 2.33. The van der Waals surface area contributed by atoms with Crippen molar-refractivity contribution in [3.63, 3.8) is 0 Å². The Balaban J connectivity index is 1.42. The summed E-state index contributed by atoms with van der Waals surface area (Å²) in [5.74, 6) is -1.60. The molecule has 29 heavy (non-hydrogen) atoms. The van der Waals surface area contributed by atoms with E-state index in [-0.39, 0.29) is 18.1 Å². The molecule has 0 aromatic heterocycles. The van der Waals surface area contributed by atoms with Gasteiger partial charge in [-0.1, -0.05) is 18.2 Å². The summed E-state index contributed by atoms with van der Waals surface area (Å²) in [6, 6.07) is 3.13. The van der Waals surface area contributed by atoms with E-state index in [1.54, 1.807) is 0 Å². The second-order valence-electron chi connectivity index (χ2n) is 7.06. The third-order valence-corrected chi connectivity index (χ3v) is 4.69. The number of rotatable bonds is 6. The molecule has 1 aromatic rings. The van der Waals surface area contributed by atoms with E-state index in [4.69, 9.17) is 18.9 Å². The zero-order valence-corrected chi connectivity index (χ0v) is 16.0. The van der Waals surface area contributed by atoms with Gasteiger partial charge in [0.05, 0.1) is 26.4 Å². The average molecular weight is 420 g/mol. The highest BCUT2D eigenvalue weighted by Crippen LogP contribution is 2.32. The van der Waals surface area contributed by atoms with Gasteiger partial charge in [0, 0.05) is 17.4 Å². The zero-order valence-electron chi connectivity index (χ0n) is 16.0. The molecule has 0 radical (unpaired) electrons. The normalized spacial score (nSPS) is 28.6. The van der Waals surface area contributed by atoms with Crippen molar-refractivity contribution in [1.29, 1.82) is 0 Å². The Hall–Kier alpha value is -1.68. The van der Waals surface area contributed by atoms with Gasteiger partial charge in [0.15, 0.2) is 24.1 Å². The van der Waals surface area contributed by atoms with Gasteiger partial charge < -0.3 is 23.7 Å². The number of halogens is 4. The fourth-order valence-corrected chi connectivity index (χ4v) is 3.25. The molecule has 2 heterocycles. The van der Waals surface area contributed by atoms with Crippen LogP contribution in [0, 0.1) is 17.7 Å². The Bertz CT molecular complexity index is 678. The molecule has 0 saturated carbocycles. The SMILES string of the molecule is CC=C[C@H]1CO[C@H](CC[C@H]2CO[C@H](c3ccc(OC(F)(F)F)c(F)c3)OC2)OC1. The van der Waals surface area contributed by atoms with Crippen molar-refractivity contribution in [3.05, 3.63) is 41.7 Å².